The fourth-order valence-corrected chi connectivity index (χ4v) is 2.32. The topological polar surface area (TPSA) is 29.1 Å². The summed E-state index contributed by atoms with van der Waals surface area (Å²) < 4.78 is 12.9. The summed E-state index contributed by atoms with van der Waals surface area (Å²) in [7, 11) is 0. The third-order valence-corrected chi connectivity index (χ3v) is 3.71. The van der Waals surface area contributed by atoms with Crippen LogP contribution in [0.25, 0.3) is 0 Å². The van der Waals surface area contributed by atoms with Gasteiger partial charge in [-0.05, 0) is 60.7 Å². The van der Waals surface area contributed by atoms with E-state index in [1.807, 2.05) is 6.07 Å². The van der Waals surface area contributed by atoms with E-state index in [0.29, 0.717) is 27.4 Å². The summed E-state index contributed by atoms with van der Waals surface area (Å²) in [5.41, 5.74) is 2.38. The molecule has 3 rings (SSSR count). The maximum atomic E-state index is 12.9. The van der Waals surface area contributed by atoms with Crippen molar-refractivity contribution in [3.8, 4) is 11.8 Å². The summed E-state index contributed by atoms with van der Waals surface area (Å²) in [6, 6.07) is 19.8. The van der Waals surface area contributed by atoms with Crippen molar-refractivity contribution in [1.82, 2.24) is 0 Å². The first kappa shape index (κ1) is 16.8. The molecule has 0 spiro atoms. The summed E-state index contributed by atoms with van der Waals surface area (Å²) in [5.74, 6) is 5.34. The van der Waals surface area contributed by atoms with E-state index in [0.717, 1.165) is 0 Å². The van der Waals surface area contributed by atoms with Crippen LogP contribution in [0.3, 0.4) is 0 Å². The Morgan fingerprint density at radius 3 is 2.28 bits per heavy atom. The third-order valence-electron chi connectivity index (χ3n) is 3.46. The number of carbonyl (C=O) groups excluding carboxylic acids is 1. The van der Waals surface area contributed by atoms with Gasteiger partial charge in [0.05, 0.1) is 5.56 Å². The smallest absolute Gasteiger partial charge is 0.256 e. The fraction of sp³-hybridized carbons (Fsp3) is 0. The van der Waals surface area contributed by atoms with Crippen LogP contribution in [0.15, 0.2) is 72.8 Å². The van der Waals surface area contributed by atoms with Crippen molar-refractivity contribution in [3.63, 3.8) is 0 Å². The molecule has 0 saturated carbocycles. The molecule has 2 nitrogen and oxygen atoms in total. The second kappa shape index (κ2) is 7.65. The predicted octanol–water partition coefficient (Wildman–Crippen LogP) is 5.13. The molecule has 0 aliphatic carbocycles. The molecule has 0 aromatic heterocycles. The van der Waals surface area contributed by atoms with Gasteiger partial charge in [-0.2, -0.15) is 0 Å². The largest absolute Gasteiger partial charge is 0.322 e. The summed E-state index contributed by atoms with van der Waals surface area (Å²) in [6.45, 7) is 0. The molecule has 0 atom stereocenters. The molecule has 3 aromatic carbocycles. The molecule has 0 fully saturated rings. The molecule has 0 radical (unpaired) electrons. The molecule has 0 heterocycles. The number of nitrogens with one attached hydrogen (secondary N) is 1. The van der Waals surface area contributed by atoms with Gasteiger partial charge in [-0.1, -0.05) is 35.6 Å². The van der Waals surface area contributed by atoms with Gasteiger partial charge >= 0.3 is 0 Å². The van der Waals surface area contributed by atoms with E-state index in [-0.39, 0.29) is 11.7 Å². The average molecular weight is 350 g/mol. The van der Waals surface area contributed by atoms with Crippen LogP contribution < -0.4 is 5.32 Å². The summed E-state index contributed by atoms with van der Waals surface area (Å²) >= 11 is 5.85. The summed E-state index contributed by atoms with van der Waals surface area (Å²) in [6.07, 6.45) is 0. The lowest BCUT2D eigenvalue weighted by Crippen LogP contribution is -2.13. The van der Waals surface area contributed by atoms with E-state index >= 15 is 0 Å². The lowest BCUT2D eigenvalue weighted by molar-refractivity contribution is 0.102. The van der Waals surface area contributed by atoms with Gasteiger partial charge < -0.3 is 5.32 Å². The zero-order valence-electron chi connectivity index (χ0n) is 13.1. The first-order valence-corrected chi connectivity index (χ1v) is 7.93. The highest BCUT2D eigenvalue weighted by atomic mass is 35.5. The minimum absolute atomic E-state index is 0.258. The molecule has 4 heteroatoms. The van der Waals surface area contributed by atoms with Gasteiger partial charge in [0.15, 0.2) is 0 Å². The van der Waals surface area contributed by atoms with Crippen molar-refractivity contribution in [3.05, 3.63) is 100 Å². The van der Waals surface area contributed by atoms with Gasteiger partial charge in [-0.25, -0.2) is 4.39 Å². The van der Waals surface area contributed by atoms with Gasteiger partial charge in [0, 0.05) is 21.8 Å². The number of benzene rings is 3. The maximum Gasteiger partial charge on any atom is 0.256 e. The molecule has 0 aliphatic heterocycles. The summed E-state index contributed by atoms with van der Waals surface area (Å²) in [4.78, 5) is 12.5. The number of hydrogen-bond donors (Lipinski definition) is 1. The number of amides is 1. The molecular formula is C21H13ClFNO. The molecular weight excluding hydrogens is 337 g/mol. The molecule has 0 saturated heterocycles. The lowest BCUT2D eigenvalue weighted by atomic mass is 10.1. The van der Waals surface area contributed by atoms with E-state index in [2.05, 4.69) is 17.2 Å². The second-order valence-electron chi connectivity index (χ2n) is 5.26. The van der Waals surface area contributed by atoms with Crippen LogP contribution in [0.2, 0.25) is 5.02 Å². The predicted molar refractivity (Wildman–Crippen MR) is 98.2 cm³/mol. The highest BCUT2D eigenvalue weighted by molar-refractivity contribution is 6.30. The molecule has 1 N–H and O–H groups in total. The van der Waals surface area contributed by atoms with Crippen molar-refractivity contribution in [1.29, 1.82) is 0 Å². The van der Waals surface area contributed by atoms with Crippen molar-refractivity contribution in [2.45, 2.75) is 0 Å². The number of hydrogen-bond acceptors (Lipinski definition) is 1. The molecule has 122 valence electrons. The Morgan fingerprint density at radius 2 is 1.56 bits per heavy atom. The second-order valence-corrected chi connectivity index (χ2v) is 5.70. The standard InChI is InChI=1S/C21H13ClFNO/c22-17-9-13-19(14-10-17)24-21(25)20-4-2-1-3-16(20)8-5-15-6-11-18(23)12-7-15/h1-4,6-7,9-14H,(H,24,25). The Bertz CT molecular complexity index is 954. The normalized spacial score (nSPS) is 9.84. The minimum atomic E-state index is -0.312. The maximum absolute atomic E-state index is 12.9. The first-order chi connectivity index (χ1) is 12.1. The Labute approximate surface area is 150 Å². The third kappa shape index (κ3) is 4.47. The van der Waals surface area contributed by atoms with E-state index < -0.39 is 0 Å². The number of halogens is 2. The van der Waals surface area contributed by atoms with Gasteiger partial charge in [0.25, 0.3) is 5.91 Å². The van der Waals surface area contributed by atoms with Crippen molar-refractivity contribution < 1.29 is 9.18 Å². The van der Waals surface area contributed by atoms with Gasteiger partial charge in [-0.3, -0.25) is 4.79 Å². The zero-order valence-corrected chi connectivity index (χ0v) is 13.8. The van der Waals surface area contributed by atoms with Crippen molar-refractivity contribution in [2.24, 2.45) is 0 Å². The van der Waals surface area contributed by atoms with Crippen LogP contribution >= 0.6 is 11.6 Å². The monoisotopic (exact) mass is 349 g/mol. The molecule has 0 unspecified atom stereocenters. The Morgan fingerprint density at radius 1 is 0.880 bits per heavy atom. The number of anilines is 1. The van der Waals surface area contributed by atoms with Crippen LogP contribution in [0.5, 0.6) is 0 Å². The highest BCUT2D eigenvalue weighted by Gasteiger charge is 2.09. The van der Waals surface area contributed by atoms with Crippen LogP contribution in [0.4, 0.5) is 10.1 Å². The quantitative estimate of drug-likeness (QED) is 0.638. The lowest BCUT2D eigenvalue weighted by Gasteiger charge is -2.07. The van der Waals surface area contributed by atoms with Gasteiger partial charge in [0.2, 0.25) is 0 Å². The van der Waals surface area contributed by atoms with Crippen LogP contribution in [-0.4, -0.2) is 5.91 Å². The highest BCUT2D eigenvalue weighted by Crippen LogP contribution is 2.16. The molecule has 3 aromatic rings. The van der Waals surface area contributed by atoms with E-state index in [1.165, 1.54) is 12.1 Å². The zero-order chi connectivity index (χ0) is 17.6. The van der Waals surface area contributed by atoms with Crippen molar-refractivity contribution >= 4 is 23.2 Å². The first-order valence-electron chi connectivity index (χ1n) is 7.55. The van der Waals surface area contributed by atoms with Crippen LogP contribution in [-0.2, 0) is 0 Å². The SMILES string of the molecule is O=C(Nc1ccc(Cl)cc1)c1ccccc1C#Cc1ccc(F)cc1. The van der Waals surface area contributed by atoms with E-state index in [1.54, 1.807) is 54.6 Å². The summed E-state index contributed by atoms with van der Waals surface area (Å²) in [5, 5.41) is 3.42. The van der Waals surface area contributed by atoms with E-state index in [9.17, 15) is 9.18 Å². The molecule has 1 amide bonds. The van der Waals surface area contributed by atoms with Crippen molar-refractivity contribution in [2.75, 3.05) is 5.32 Å². The Balaban J connectivity index is 1.84. The number of carbonyl (C=O) groups is 1. The van der Waals surface area contributed by atoms with Crippen LogP contribution in [0.1, 0.15) is 21.5 Å². The average Bonchev–Trinajstić information content (AvgIpc) is 2.63. The number of rotatable bonds is 2. The van der Waals surface area contributed by atoms with Crippen LogP contribution in [0, 0.1) is 17.7 Å². The fourth-order valence-electron chi connectivity index (χ4n) is 2.19. The van der Waals surface area contributed by atoms with Gasteiger partial charge in [-0.15, -0.1) is 0 Å². The van der Waals surface area contributed by atoms with Gasteiger partial charge in [0.1, 0.15) is 5.82 Å². The molecule has 0 bridgehead atoms. The molecule has 25 heavy (non-hydrogen) atoms. The Kier molecular flexibility index (Phi) is 5.13. The minimum Gasteiger partial charge on any atom is -0.322 e. The molecule has 0 aliphatic rings. The van der Waals surface area contributed by atoms with E-state index in [4.69, 9.17) is 11.6 Å². The Hall–Kier alpha value is -3.09.